The smallest absolute Gasteiger partial charge is 0.407 e. The Hall–Kier alpha value is -2.75. The van der Waals surface area contributed by atoms with E-state index in [0.29, 0.717) is 24.3 Å². The van der Waals surface area contributed by atoms with E-state index in [2.05, 4.69) is 10.6 Å². The Bertz CT molecular complexity index is 933. The zero-order chi connectivity index (χ0) is 21.3. The van der Waals surface area contributed by atoms with Gasteiger partial charge in [-0.05, 0) is 36.5 Å². The molecule has 9 nitrogen and oxygen atoms in total. The molecule has 10 heteroatoms. The second-order valence-electron chi connectivity index (χ2n) is 7.69. The number of benzene rings is 1. The Kier molecular flexibility index (Phi) is 5.85. The first-order chi connectivity index (χ1) is 14.4. The van der Waals surface area contributed by atoms with Crippen LogP contribution in [-0.4, -0.2) is 56.6 Å². The molecular formula is C20H23N3O6S. The number of nitrogens with zero attached hydrogens (tertiary/aromatic N) is 1. The number of fused-ring (bicyclic) bond motifs is 1. The van der Waals surface area contributed by atoms with E-state index in [1.165, 1.54) is 4.90 Å². The lowest BCUT2D eigenvalue weighted by atomic mass is 10.0. The van der Waals surface area contributed by atoms with E-state index in [4.69, 9.17) is 4.74 Å². The van der Waals surface area contributed by atoms with Gasteiger partial charge in [-0.2, -0.15) is 0 Å². The van der Waals surface area contributed by atoms with Crippen LogP contribution < -0.4 is 10.6 Å². The van der Waals surface area contributed by atoms with Crippen molar-refractivity contribution in [2.24, 2.45) is 0 Å². The minimum Gasteiger partial charge on any atom is -0.448 e. The first kappa shape index (κ1) is 20.5. The van der Waals surface area contributed by atoms with Crippen molar-refractivity contribution in [3.05, 3.63) is 34.9 Å². The molecule has 0 aromatic heterocycles. The number of imide groups is 1. The van der Waals surface area contributed by atoms with E-state index in [0.717, 1.165) is 24.0 Å². The monoisotopic (exact) mass is 433 g/mol. The van der Waals surface area contributed by atoms with Crippen molar-refractivity contribution >= 4 is 34.6 Å². The van der Waals surface area contributed by atoms with Gasteiger partial charge in [0.2, 0.25) is 11.8 Å². The van der Waals surface area contributed by atoms with Crippen molar-refractivity contribution in [3.63, 3.8) is 0 Å². The van der Waals surface area contributed by atoms with Crippen LogP contribution in [0.3, 0.4) is 0 Å². The summed E-state index contributed by atoms with van der Waals surface area (Å²) in [4.78, 5) is 49.7. The lowest BCUT2D eigenvalue weighted by molar-refractivity contribution is -0.136. The van der Waals surface area contributed by atoms with E-state index in [9.17, 15) is 23.4 Å². The average Bonchev–Trinajstić information content (AvgIpc) is 3.28. The maximum atomic E-state index is 12.8. The third kappa shape index (κ3) is 4.23. The molecule has 0 aliphatic carbocycles. The van der Waals surface area contributed by atoms with E-state index in [-0.39, 0.29) is 36.6 Å². The highest BCUT2D eigenvalue weighted by Gasteiger charge is 2.39. The molecule has 1 aromatic carbocycles. The molecular weight excluding hydrogens is 410 g/mol. The highest BCUT2D eigenvalue weighted by molar-refractivity contribution is 7.85. The summed E-state index contributed by atoms with van der Waals surface area (Å²) < 4.78 is 16.9. The largest absolute Gasteiger partial charge is 0.448 e. The molecule has 3 unspecified atom stereocenters. The topological polar surface area (TPSA) is 122 Å². The number of ether oxygens (including phenoxy) is 1. The van der Waals surface area contributed by atoms with Gasteiger partial charge in [0.1, 0.15) is 12.6 Å². The number of carbonyl (C=O) groups excluding carboxylic acids is 4. The number of alkyl carbamates (subject to hydrolysis) is 1. The van der Waals surface area contributed by atoms with Gasteiger partial charge in [-0.25, -0.2) is 4.79 Å². The second kappa shape index (κ2) is 8.55. The number of rotatable bonds is 5. The SMILES string of the molecule is O=C1CCC(N2Cc3ccc(CNC(=O)OCC4CCCS4=O)cc3C2=O)C(=O)N1. The molecule has 0 spiro atoms. The number of nitrogens with one attached hydrogen (secondary N) is 2. The number of hydrogen-bond donors (Lipinski definition) is 2. The first-order valence-electron chi connectivity index (χ1n) is 9.96. The lowest BCUT2D eigenvalue weighted by Crippen LogP contribution is -2.52. The van der Waals surface area contributed by atoms with Crippen LogP contribution in [0.1, 0.15) is 47.2 Å². The van der Waals surface area contributed by atoms with E-state index >= 15 is 0 Å². The van der Waals surface area contributed by atoms with Gasteiger partial charge in [-0.15, -0.1) is 0 Å². The fraction of sp³-hybridized carbons (Fsp3) is 0.500. The average molecular weight is 433 g/mol. The van der Waals surface area contributed by atoms with Crippen molar-refractivity contribution < 1.29 is 28.1 Å². The van der Waals surface area contributed by atoms with Gasteiger partial charge in [0, 0.05) is 41.6 Å². The molecule has 2 N–H and O–H groups in total. The molecule has 2 fully saturated rings. The maximum absolute atomic E-state index is 12.8. The normalized spacial score (nSPS) is 25.8. The fourth-order valence-electron chi connectivity index (χ4n) is 4.02. The molecule has 30 heavy (non-hydrogen) atoms. The highest BCUT2D eigenvalue weighted by atomic mass is 32.2. The Morgan fingerprint density at radius 1 is 1.27 bits per heavy atom. The van der Waals surface area contributed by atoms with Crippen molar-refractivity contribution in [3.8, 4) is 0 Å². The van der Waals surface area contributed by atoms with Crippen LogP contribution in [0.15, 0.2) is 18.2 Å². The van der Waals surface area contributed by atoms with E-state index in [1.54, 1.807) is 6.07 Å². The minimum absolute atomic E-state index is 0.0911. The van der Waals surface area contributed by atoms with Crippen LogP contribution >= 0.6 is 0 Å². The summed E-state index contributed by atoms with van der Waals surface area (Å²) in [5.41, 5.74) is 2.03. The zero-order valence-corrected chi connectivity index (χ0v) is 17.2. The van der Waals surface area contributed by atoms with Crippen LogP contribution in [-0.2, 0) is 38.2 Å². The molecule has 3 aliphatic rings. The van der Waals surface area contributed by atoms with Gasteiger partial charge in [-0.3, -0.25) is 23.9 Å². The number of hydrogen-bond acceptors (Lipinski definition) is 6. The Labute approximate surface area is 176 Å². The summed E-state index contributed by atoms with van der Waals surface area (Å²) in [5.74, 6) is -0.359. The molecule has 1 aromatic rings. The predicted molar refractivity (Wildman–Crippen MR) is 107 cm³/mol. The third-order valence-electron chi connectivity index (χ3n) is 5.67. The van der Waals surface area contributed by atoms with Gasteiger partial charge in [0.05, 0.1) is 5.25 Å². The standard InChI is InChI=1S/C20H23N3O6S/c24-17-6-5-16(18(25)22-17)23-10-13-4-3-12(8-15(13)19(23)26)9-21-20(27)29-11-14-2-1-7-30(14)28/h3-4,8,14,16H,1-2,5-7,9-11H2,(H,21,27)(H,22,24,25). The number of amides is 4. The van der Waals surface area contributed by atoms with E-state index < -0.39 is 28.8 Å². The molecule has 3 heterocycles. The number of carbonyl (C=O) groups is 4. The van der Waals surface area contributed by atoms with Crippen molar-refractivity contribution in [1.29, 1.82) is 0 Å². The van der Waals surface area contributed by atoms with Gasteiger partial charge in [0.25, 0.3) is 5.91 Å². The summed E-state index contributed by atoms with van der Waals surface area (Å²) in [6.07, 6.45) is 1.63. The minimum atomic E-state index is -0.926. The molecule has 3 atom stereocenters. The Morgan fingerprint density at radius 2 is 2.10 bits per heavy atom. The van der Waals surface area contributed by atoms with Crippen LogP contribution in [0.25, 0.3) is 0 Å². The van der Waals surface area contributed by atoms with Crippen LogP contribution in [0, 0.1) is 0 Å². The summed E-state index contributed by atoms with van der Waals surface area (Å²) >= 11 is 0. The van der Waals surface area contributed by atoms with E-state index in [1.807, 2.05) is 12.1 Å². The quantitative estimate of drug-likeness (QED) is 0.656. The maximum Gasteiger partial charge on any atom is 0.407 e. The Morgan fingerprint density at radius 3 is 2.83 bits per heavy atom. The highest BCUT2D eigenvalue weighted by Crippen LogP contribution is 2.28. The lowest BCUT2D eigenvalue weighted by Gasteiger charge is -2.29. The van der Waals surface area contributed by atoms with Crippen molar-refractivity contribution in [2.45, 2.75) is 50.1 Å². The molecule has 0 bridgehead atoms. The predicted octanol–water partition coefficient (Wildman–Crippen LogP) is 0.585. The first-order valence-corrected chi connectivity index (χ1v) is 11.3. The third-order valence-corrected chi connectivity index (χ3v) is 7.48. The summed E-state index contributed by atoms with van der Waals surface area (Å²) in [6.45, 7) is 0.641. The summed E-state index contributed by atoms with van der Waals surface area (Å²) in [6, 6.07) is 4.67. The zero-order valence-electron chi connectivity index (χ0n) is 16.3. The van der Waals surface area contributed by atoms with Gasteiger partial charge in [0.15, 0.2) is 0 Å². The second-order valence-corrected chi connectivity index (χ2v) is 9.53. The van der Waals surface area contributed by atoms with Crippen LogP contribution in [0.4, 0.5) is 4.79 Å². The molecule has 3 aliphatic heterocycles. The molecule has 2 saturated heterocycles. The fourth-order valence-corrected chi connectivity index (χ4v) is 5.45. The Balaban J connectivity index is 1.33. The molecule has 0 saturated carbocycles. The molecule has 4 rings (SSSR count). The van der Waals surface area contributed by atoms with Gasteiger partial charge < -0.3 is 15.0 Å². The summed E-state index contributed by atoms with van der Waals surface area (Å²) in [7, 11) is -0.926. The van der Waals surface area contributed by atoms with Gasteiger partial charge >= 0.3 is 6.09 Å². The summed E-state index contributed by atoms with van der Waals surface area (Å²) in [5, 5.41) is 4.83. The van der Waals surface area contributed by atoms with Crippen molar-refractivity contribution in [1.82, 2.24) is 15.5 Å². The van der Waals surface area contributed by atoms with Crippen LogP contribution in [0.5, 0.6) is 0 Å². The van der Waals surface area contributed by atoms with Crippen LogP contribution in [0.2, 0.25) is 0 Å². The van der Waals surface area contributed by atoms with Crippen molar-refractivity contribution in [2.75, 3.05) is 12.4 Å². The molecule has 160 valence electrons. The molecule has 4 amide bonds. The molecule has 0 radical (unpaired) electrons. The van der Waals surface area contributed by atoms with Gasteiger partial charge in [-0.1, -0.05) is 12.1 Å². The number of piperidine rings is 1.